The molecule has 4 aromatic carbocycles. The Morgan fingerprint density at radius 3 is 1.56 bits per heavy atom. The van der Waals surface area contributed by atoms with Gasteiger partial charge in [0.2, 0.25) is 0 Å². The zero-order valence-corrected chi connectivity index (χ0v) is 19.0. The van der Waals surface area contributed by atoms with Crippen molar-refractivity contribution < 1.29 is 4.79 Å². The Labute approximate surface area is 189 Å². The molecule has 160 valence electrons. The van der Waals surface area contributed by atoms with E-state index in [1.807, 2.05) is 18.2 Å². The second kappa shape index (κ2) is 9.72. The minimum atomic E-state index is -2.09. The van der Waals surface area contributed by atoms with Gasteiger partial charge >= 0.3 is 0 Å². The van der Waals surface area contributed by atoms with E-state index in [9.17, 15) is 4.79 Å². The second-order valence-corrected chi connectivity index (χ2v) is 11.0. The van der Waals surface area contributed by atoms with Gasteiger partial charge in [-0.25, -0.2) is 0 Å². The van der Waals surface area contributed by atoms with Crippen molar-refractivity contribution in [1.82, 2.24) is 0 Å². The first-order valence-electron chi connectivity index (χ1n) is 10.7. The molecule has 0 aromatic heterocycles. The van der Waals surface area contributed by atoms with Crippen molar-refractivity contribution in [2.24, 2.45) is 5.73 Å². The van der Waals surface area contributed by atoms with Crippen LogP contribution in [0.5, 0.6) is 0 Å². The SMILES string of the molecule is CC(C=P(c1ccccc1)(c1ccccc1)c1ccccc1)Nc1ccccc1C(N)=O. The number of primary amides is 1. The molecule has 1 unspecified atom stereocenters. The van der Waals surface area contributed by atoms with Gasteiger partial charge in [-0.1, -0.05) is 109 Å². The topological polar surface area (TPSA) is 55.1 Å². The number of hydrogen-bond donors (Lipinski definition) is 2. The Kier molecular flexibility index (Phi) is 6.58. The van der Waals surface area contributed by atoms with Gasteiger partial charge in [0.1, 0.15) is 0 Å². The third kappa shape index (κ3) is 4.39. The van der Waals surface area contributed by atoms with Gasteiger partial charge in [0.05, 0.1) is 5.56 Å². The molecule has 4 heteroatoms. The third-order valence-electron chi connectivity index (χ3n) is 5.51. The van der Waals surface area contributed by atoms with E-state index in [2.05, 4.69) is 109 Å². The summed E-state index contributed by atoms with van der Waals surface area (Å²) in [6, 6.07) is 39.4. The van der Waals surface area contributed by atoms with Crippen molar-refractivity contribution in [3.05, 3.63) is 121 Å². The molecule has 0 saturated carbocycles. The van der Waals surface area contributed by atoms with Crippen molar-refractivity contribution in [2.45, 2.75) is 13.0 Å². The van der Waals surface area contributed by atoms with Crippen LogP contribution in [0.3, 0.4) is 0 Å². The number of rotatable bonds is 7. The quantitative estimate of drug-likeness (QED) is 0.421. The molecular weight excluding hydrogens is 411 g/mol. The van der Waals surface area contributed by atoms with Gasteiger partial charge < -0.3 is 11.1 Å². The summed E-state index contributed by atoms with van der Waals surface area (Å²) < 4.78 is 0. The fourth-order valence-electron chi connectivity index (χ4n) is 4.14. The molecule has 0 fully saturated rings. The molecule has 3 N–H and O–H groups in total. The Hall–Kier alpha value is -3.55. The fourth-order valence-corrected chi connectivity index (χ4v) is 8.22. The van der Waals surface area contributed by atoms with Crippen molar-refractivity contribution in [3.8, 4) is 0 Å². The van der Waals surface area contributed by atoms with Crippen LogP contribution in [-0.4, -0.2) is 17.7 Å². The highest BCUT2D eigenvalue weighted by molar-refractivity contribution is 7.94. The maximum Gasteiger partial charge on any atom is 0.250 e. The summed E-state index contributed by atoms with van der Waals surface area (Å²) in [6.07, 6.45) is 0. The summed E-state index contributed by atoms with van der Waals surface area (Å²) in [4.78, 5) is 11.9. The molecule has 0 aliphatic rings. The number of anilines is 1. The van der Waals surface area contributed by atoms with Crippen LogP contribution in [-0.2, 0) is 0 Å². The highest BCUT2D eigenvalue weighted by Gasteiger charge is 2.26. The molecule has 32 heavy (non-hydrogen) atoms. The Morgan fingerprint density at radius 2 is 1.12 bits per heavy atom. The number of para-hydroxylation sites is 1. The lowest BCUT2D eigenvalue weighted by atomic mass is 10.1. The summed E-state index contributed by atoms with van der Waals surface area (Å²) in [5.41, 5.74) is 6.85. The molecular formula is C28H27N2OP. The third-order valence-corrected chi connectivity index (χ3v) is 9.75. The van der Waals surface area contributed by atoms with Crippen molar-refractivity contribution in [1.29, 1.82) is 0 Å². The van der Waals surface area contributed by atoms with Crippen LogP contribution in [0.4, 0.5) is 5.69 Å². The maximum atomic E-state index is 11.9. The summed E-state index contributed by atoms with van der Waals surface area (Å²) in [7, 11) is 0. The molecule has 0 aliphatic heterocycles. The average molecular weight is 439 g/mol. The number of carbonyl (C=O) groups excluding carboxylic acids is 1. The number of hydrogen-bond acceptors (Lipinski definition) is 2. The highest BCUT2D eigenvalue weighted by Crippen LogP contribution is 2.44. The van der Waals surface area contributed by atoms with E-state index >= 15 is 0 Å². The van der Waals surface area contributed by atoms with Crippen LogP contribution in [0.1, 0.15) is 17.3 Å². The molecule has 3 nitrogen and oxygen atoms in total. The highest BCUT2D eigenvalue weighted by atomic mass is 31.2. The van der Waals surface area contributed by atoms with Crippen LogP contribution in [0, 0.1) is 0 Å². The van der Waals surface area contributed by atoms with Gasteiger partial charge in [0.15, 0.2) is 0 Å². The van der Waals surface area contributed by atoms with E-state index in [0.29, 0.717) is 5.56 Å². The predicted molar refractivity (Wildman–Crippen MR) is 139 cm³/mol. The summed E-state index contributed by atoms with van der Waals surface area (Å²) >= 11 is 0. The molecule has 0 radical (unpaired) electrons. The molecule has 0 spiro atoms. The Balaban J connectivity index is 1.94. The molecule has 0 bridgehead atoms. The Morgan fingerprint density at radius 1 is 0.719 bits per heavy atom. The van der Waals surface area contributed by atoms with Gasteiger partial charge in [-0.15, -0.1) is 0 Å². The summed E-state index contributed by atoms with van der Waals surface area (Å²) in [6.45, 7) is 0.0375. The first-order chi connectivity index (χ1) is 15.6. The zero-order valence-electron chi connectivity index (χ0n) is 18.1. The number of nitrogens with one attached hydrogen (secondary N) is 1. The van der Waals surface area contributed by atoms with E-state index in [4.69, 9.17) is 5.73 Å². The minimum absolute atomic E-state index is 0.0237. The standard InChI is InChI=1S/C28H27N2OP/c1-22(30-27-20-12-11-19-26(27)28(29)31)21-32(23-13-5-2-6-14-23,24-15-7-3-8-16-24)25-17-9-4-10-18-25/h2-22,30H,1H3,(H2,29,31). The molecule has 1 atom stereocenters. The molecule has 4 rings (SSSR count). The van der Waals surface area contributed by atoms with E-state index in [1.165, 1.54) is 15.9 Å². The average Bonchev–Trinajstić information content (AvgIpc) is 2.84. The first-order valence-corrected chi connectivity index (χ1v) is 12.5. The summed E-state index contributed by atoms with van der Waals surface area (Å²) in [5, 5.41) is 7.39. The van der Waals surface area contributed by atoms with Gasteiger partial charge in [-0.3, -0.25) is 4.79 Å². The van der Waals surface area contributed by atoms with Crippen LogP contribution in [0.25, 0.3) is 0 Å². The summed E-state index contributed by atoms with van der Waals surface area (Å²) in [5.74, 6) is 1.99. The van der Waals surface area contributed by atoms with Gasteiger partial charge in [0, 0.05) is 11.7 Å². The molecule has 1 amide bonds. The lowest BCUT2D eigenvalue weighted by molar-refractivity contribution is 0.100. The number of benzene rings is 4. The van der Waals surface area contributed by atoms with Gasteiger partial charge in [-0.2, -0.15) is 0 Å². The molecule has 0 aliphatic carbocycles. The number of amides is 1. The largest absolute Gasteiger partial charge is 0.378 e. The van der Waals surface area contributed by atoms with Crippen molar-refractivity contribution in [2.75, 3.05) is 5.32 Å². The molecule has 0 heterocycles. The van der Waals surface area contributed by atoms with Crippen LogP contribution in [0.15, 0.2) is 115 Å². The van der Waals surface area contributed by atoms with E-state index in [0.717, 1.165) is 5.69 Å². The first kappa shape index (κ1) is 21.7. The number of carbonyl (C=O) groups is 1. The maximum absolute atomic E-state index is 11.9. The molecule has 0 saturated heterocycles. The van der Waals surface area contributed by atoms with E-state index < -0.39 is 12.8 Å². The van der Waals surface area contributed by atoms with E-state index in [-0.39, 0.29) is 6.04 Å². The van der Waals surface area contributed by atoms with E-state index in [1.54, 1.807) is 6.07 Å². The lowest BCUT2D eigenvalue weighted by Gasteiger charge is -2.30. The fraction of sp³-hybridized carbons (Fsp3) is 0.0714. The van der Waals surface area contributed by atoms with Crippen LogP contribution >= 0.6 is 6.89 Å². The lowest BCUT2D eigenvalue weighted by Crippen LogP contribution is -2.31. The second-order valence-electron chi connectivity index (χ2n) is 7.72. The van der Waals surface area contributed by atoms with Gasteiger partial charge in [0.25, 0.3) is 5.91 Å². The zero-order chi connectivity index (χ0) is 22.4. The minimum Gasteiger partial charge on any atom is -0.378 e. The van der Waals surface area contributed by atoms with Crippen LogP contribution in [0.2, 0.25) is 0 Å². The Bertz CT molecular complexity index is 1130. The van der Waals surface area contributed by atoms with Crippen LogP contribution < -0.4 is 27.0 Å². The normalized spacial score (nSPS) is 12.0. The number of nitrogens with two attached hydrogens (primary N) is 1. The molecule has 4 aromatic rings. The predicted octanol–water partition coefficient (Wildman–Crippen LogP) is 4.38. The monoisotopic (exact) mass is 438 g/mol. The van der Waals surface area contributed by atoms with Crippen molar-refractivity contribution in [3.63, 3.8) is 0 Å². The van der Waals surface area contributed by atoms with Gasteiger partial charge in [-0.05, 0) is 41.9 Å². The smallest absolute Gasteiger partial charge is 0.250 e. The van der Waals surface area contributed by atoms with Crippen molar-refractivity contribution >= 4 is 40.2 Å².